The second kappa shape index (κ2) is 6.43. The fraction of sp³-hybridized carbons (Fsp3) is 0.615. The van der Waals surface area contributed by atoms with E-state index in [1.54, 1.807) is 0 Å². The van der Waals surface area contributed by atoms with Crippen molar-refractivity contribution in [2.24, 2.45) is 5.41 Å². The highest BCUT2D eigenvalue weighted by atomic mass is 14.4. The van der Waals surface area contributed by atoms with Gasteiger partial charge < -0.3 is 0 Å². The molecule has 0 fully saturated rings. The normalized spacial score (nSPS) is 13.9. The fourth-order valence-electron chi connectivity index (χ4n) is 1.59. The molecule has 1 unspecified atom stereocenters. The third-order valence-electron chi connectivity index (χ3n) is 2.40. The molecule has 0 aliphatic carbocycles. The predicted octanol–water partition coefficient (Wildman–Crippen LogP) is 4.23. The molecule has 0 radical (unpaired) electrons. The maximum atomic E-state index is 9.22. The van der Waals surface area contributed by atoms with Crippen molar-refractivity contribution >= 4 is 0 Å². The monoisotopic (exact) mass is 191 g/mol. The van der Waals surface area contributed by atoms with Crippen LogP contribution < -0.4 is 0 Å². The Morgan fingerprint density at radius 3 is 2.43 bits per heavy atom. The molecule has 0 spiro atoms. The molecule has 0 N–H and O–H groups in total. The number of rotatable bonds is 6. The highest BCUT2D eigenvalue weighted by Crippen LogP contribution is 2.32. The van der Waals surface area contributed by atoms with Gasteiger partial charge in [0.05, 0.1) is 11.5 Å². The molecule has 0 amide bonds. The van der Waals surface area contributed by atoms with Crippen LogP contribution in [0.1, 0.15) is 46.5 Å². The highest BCUT2D eigenvalue weighted by Gasteiger charge is 2.25. The lowest BCUT2D eigenvalue weighted by atomic mass is 9.78. The largest absolute Gasteiger partial charge is 0.198 e. The van der Waals surface area contributed by atoms with Gasteiger partial charge in [-0.2, -0.15) is 5.26 Å². The van der Waals surface area contributed by atoms with Crippen molar-refractivity contribution in [2.75, 3.05) is 0 Å². The summed E-state index contributed by atoms with van der Waals surface area (Å²) in [5.41, 5.74) is 1.07. The molecule has 0 aromatic rings. The van der Waals surface area contributed by atoms with Crippen molar-refractivity contribution < 1.29 is 0 Å². The van der Waals surface area contributed by atoms with Crippen LogP contribution in [0.5, 0.6) is 0 Å². The Hall–Kier alpha value is -1.03. The van der Waals surface area contributed by atoms with Gasteiger partial charge >= 0.3 is 0 Å². The first kappa shape index (κ1) is 13.0. The van der Waals surface area contributed by atoms with E-state index in [0.717, 1.165) is 25.7 Å². The lowest BCUT2D eigenvalue weighted by molar-refractivity contribution is 0.367. The zero-order chi connectivity index (χ0) is 11.0. The minimum atomic E-state index is -0.215. The summed E-state index contributed by atoms with van der Waals surface area (Å²) >= 11 is 0. The van der Waals surface area contributed by atoms with Crippen LogP contribution in [-0.4, -0.2) is 0 Å². The molecule has 0 aliphatic heterocycles. The molecule has 0 heterocycles. The molecule has 78 valence electrons. The van der Waals surface area contributed by atoms with Crippen LogP contribution in [0.2, 0.25) is 0 Å². The van der Waals surface area contributed by atoms with Crippen LogP contribution in [0.3, 0.4) is 0 Å². The van der Waals surface area contributed by atoms with Gasteiger partial charge in [0.1, 0.15) is 0 Å². The molecule has 0 rings (SSSR count). The Morgan fingerprint density at radius 2 is 2.07 bits per heavy atom. The Balaban J connectivity index is 4.58. The maximum Gasteiger partial charge on any atom is 0.0696 e. The van der Waals surface area contributed by atoms with E-state index in [1.165, 1.54) is 5.57 Å². The van der Waals surface area contributed by atoms with Crippen molar-refractivity contribution in [1.82, 2.24) is 0 Å². The first-order valence-electron chi connectivity index (χ1n) is 5.25. The lowest BCUT2D eigenvalue weighted by Crippen LogP contribution is -2.16. The molecule has 0 aliphatic rings. The number of hydrogen-bond donors (Lipinski definition) is 0. The minimum absolute atomic E-state index is 0.215. The number of allylic oxidation sites excluding steroid dienone is 3. The smallest absolute Gasteiger partial charge is 0.0696 e. The first-order chi connectivity index (χ1) is 6.60. The van der Waals surface area contributed by atoms with Gasteiger partial charge in [0, 0.05) is 0 Å². The Labute approximate surface area is 88.1 Å². The quantitative estimate of drug-likeness (QED) is 0.576. The highest BCUT2D eigenvalue weighted by molar-refractivity contribution is 5.08. The second-order valence-electron chi connectivity index (χ2n) is 4.12. The standard InChI is InChI=1S/C13H21N/c1-5-8-13(11-14,9-6-2)10-7-12(3)4/h5,7H,1,6,8-10H2,2-4H3. The van der Waals surface area contributed by atoms with Crippen LogP contribution in [0.15, 0.2) is 24.3 Å². The minimum Gasteiger partial charge on any atom is -0.198 e. The second-order valence-corrected chi connectivity index (χ2v) is 4.12. The van der Waals surface area contributed by atoms with Gasteiger partial charge in [-0.15, -0.1) is 6.58 Å². The average Bonchev–Trinajstić information content (AvgIpc) is 2.15. The Kier molecular flexibility index (Phi) is 5.95. The van der Waals surface area contributed by atoms with Crippen LogP contribution in [-0.2, 0) is 0 Å². The molecule has 1 atom stereocenters. The van der Waals surface area contributed by atoms with Gasteiger partial charge in [-0.25, -0.2) is 0 Å². The third kappa shape index (κ3) is 4.28. The van der Waals surface area contributed by atoms with Gasteiger partial charge in [0.15, 0.2) is 0 Å². The molecule has 14 heavy (non-hydrogen) atoms. The van der Waals surface area contributed by atoms with E-state index in [9.17, 15) is 5.26 Å². The summed E-state index contributed by atoms with van der Waals surface area (Å²) in [5, 5.41) is 9.22. The van der Waals surface area contributed by atoms with Crippen LogP contribution in [0.4, 0.5) is 0 Å². The van der Waals surface area contributed by atoms with E-state index >= 15 is 0 Å². The van der Waals surface area contributed by atoms with E-state index in [1.807, 2.05) is 6.08 Å². The molecule has 1 heteroatoms. The Morgan fingerprint density at radius 1 is 1.43 bits per heavy atom. The molecule has 1 nitrogen and oxygen atoms in total. The van der Waals surface area contributed by atoms with E-state index in [4.69, 9.17) is 0 Å². The molecule has 0 aromatic heterocycles. The van der Waals surface area contributed by atoms with Gasteiger partial charge in [-0.1, -0.05) is 31.1 Å². The van der Waals surface area contributed by atoms with E-state index in [-0.39, 0.29) is 5.41 Å². The van der Waals surface area contributed by atoms with E-state index < -0.39 is 0 Å². The van der Waals surface area contributed by atoms with Gasteiger partial charge in [0.2, 0.25) is 0 Å². The van der Waals surface area contributed by atoms with Gasteiger partial charge in [-0.05, 0) is 33.1 Å². The molecule has 0 saturated carbocycles. The maximum absolute atomic E-state index is 9.22. The molecular formula is C13H21N. The summed E-state index contributed by atoms with van der Waals surface area (Å²) in [4.78, 5) is 0. The third-order valence-corrected chi connectivity index (χ3v) is 2.40. The van der Waals surface area contributed by atoms with E-state index in [0.29, 0.717) is 0 Å². The van der Waals surface area contributed by atoms with Crippen LogP contribution >= 0.6 is 0 Å². The number of nitriles is 1. The summed E-state index contributed by atoms with van der Waals surface area (Å²) in [6.07, 6.45) is 7.67. The van der Waals surface area contributed by atoms with Crippen molar-refractivity contribution in [1.29, 1.82) is 5.26 Å². The lowest BCUT2D eigenvalue weighted by Gasteiger charge is -2.23. The summed E-state index contributed by atoms with van der Waals surface area (Å²) in [7, 11) is 0. The number of hydrogen-bond acceptors (Lipinski definition) is 1. The Bertz CT molecular complexity index is 240. The summed E-state index contributed by atoms with van der Waals surface area (Å²) < 4.78 is 0. The fourth-order valence-corrected chi connectivity index (χ4v) is 1.59. The zero-order valence-electron chi connectivity index (χ0n) is 9.64. The van der Waals surface area contributed by atoms with Crippen LogP contribution in [0.25, 0.3) is 0 Å². The first-order valence-corrected chi connectivity index (χ1v) is 5.25. The van der Waals surface area contributed by atoms with Crippen molar-refractivity contribution in [3.63, 3.8) is 0 Å². The molecular weight excluding hydrogens is 170 g/mol. The predicted molar refractivity (Wildman–Crippen MR) is 61.8 cm³/mol. The molecule has 0 saturated heterocycles. The zero-order valence-corrected chi connectivity index (χ0v) is 9.64. The van der Waals surface area contributed by atoms with Gasteiger partial charge in [-0.3, -0.25) is 0 Å². The van der Waals surface area contributed by atoms with Crippen molar-refractivity contribution in [2.45, 2.75) is 46.5 Å². The average molecular weight is 191 g/mol. The summed E-state index contributed by atoms with van der Waals surface area (Å²) in [6, 6.07) is 2.46. The van der Waals surface area contributed by atoms with E-state index in [2.05, 4.69) is 39.5 Å². The summed E-state index contributed by atoms with van der Waals surface area (Å²) in [5.74, 6) is 0. The molecule has 0 bridgehead atoms. The van der Waals surface area contributed by atoms with Crippen molar-refractivity contribution in [3.8, 4) is 6.07 Å². The SMILES string of the molecule is C=CCC(C#N)(CC=C(C)C)CCC. The number of nitrogens with zero attached hydrogens (tertiary/aromatic N) is 1. The van der Waals surface area contributed by atoms with Crippen molar-refractivity contribution in [3.05, 3.63) is 24.3 Å². The topological polar surface area (TPSA) is 23.8 Å². The van der Waals surface area contributed by atoms with Gasteiger partial charge in [0.25, 0.3) is 0 Å². The summed E-state index contributed by atoms with van der Waals surface area (Å²) in [6.45, 7) is 10.00. The van der Waals surface area contributed by atoms with Crippen LogP contribution in [0, 0.1) is 16.7 Å². The molecule has 0 aromatic carbocycles.